The Morgan fingerprint density at radius 3 is 2.10 bits per heavy atom. The Morgan fingerprint density at radius 1 is 0.927 bits per heavy atom. The van der Waals surface area contributed by atoms with E-state index in [4.69, 9.17) is 9.47 Å². The molecule has 41 heavy (non-hydrogen) atoms. The lowest BCUT2D eigenvalue weighted by Gasteiger charge is -2.40. The molecule has 0 radical (unpaired) electrons. The van der Waals surface area contributed by atoms with Gasteiger partial charge in [-0.2, -0.15) is 0 Å². The summed E-state index contributed by atoms with van der Waals surface area (Å²) in [6.45, 7) is 0.724. The zero-order chi connectivity index (χ0) is 30.4. The number of nitrogens with one attached hydrogen (secondary N) is 1. The zero-order valence-corrected chi connectivity index (χ0v) is 25.2. The summed E-state index contributed by atoms with van der Waals surface area (Å²) in [7, 11) is -2.79. The van der Waals surface area contributed by atoms with Gasteiger partial charge < -0.3 is 45.4 Å². The lowest BCUT2D eigenvalue weighted by Crippen LogP contribution is -2.60. The number of carbonyl (C=O) groups excluding carboxylic acids is 1. The molecule has 0 aromatic carbocycles. The highest BCUT2D eigenvalue weighted by atomic mass is 32.2. The average Bonchev–Trinajstić information content (AvgIpc) is 2.95. The molecular formula is C28H53NO11S. The minimum atomic E-state index is -2.79. The summed E-state index contributed by atoms with van der Waals surface area (Å²) < 4.78 is 33.8. The first-order chi connectivity index (χ1) is 19.5. The molecule has 5 unspecified atom stereocenters. The summed E-state index contributed by atoms with van der Waals surface area (Å²) in [5.41, 5.74) is 0. The highest BCUT2D eigenvalue weighted by Gasteiger charge is 2.44. The summed E-state index contributed by atoms with van der Waals surface area (Å²) in [4.78, 5) is 12.6. The lowest BCUT2D eigenvalue weighted by molar-refractivity contribution is -0.303. The number of aliphatic hydroxyl groups excluding tert-OH is 6. The number of sulfone groups is 1. The van der Waals surface area contributed by atoms with E-state index < -0.39 is 65.4 Å². The smallest absolute Gasteiger partial charge is 0.220 e. The zero-order valence-electron chi connectivity index (χ0n) is 24.3. The van der Waals surface area contributed by atoms with Crippen molar-refractivity contribution in [3.63, 3.8) is 0 Å². The van der Waals surface area contributed by atoms with Crippen LogP contribution in [0, 0.1) is 5.92 Å². The molecule has 0 spiro atoms. The monoisotopic (exact) mass is 611 g/mol. The third-order valence-corrected chi connectivity index (χ3v) is 10.0. The molecule has 0 saturated carbocycles. The molecule has 13 heteroatoms. The van der Waals surface area contributed by atoms with Crippen molar-refractivity contribution in [3.05, 3.63) is 0 Å². The number of carbonyl (C=O) groups is 1. The van der Waals surface area contributed by atoms with Crippen LogP contribution in [0.1, 0.15) is 90.4 Å². The number of amides is 1. The Labute approximate surface area is 244 Å². The summed E-state index contributed by atoms with van der Waals surface area (Å²) in [5.74, 6) is 0.918. The Morgan fingerprint density at radius 2 is 1.51 bits per heavy atom. The van der Waals surface area contributed by atoms with E-state index in [1.165, 1.54) is 0 Å². The highest BCUT2D eigenvalue weighted by molar-refractivity contribution is 7.91. The van der Waals surface area contributed by atoms with Gasteiger partial charge in [-0.05, 0) is 31.6 Å². The van der Waals surface area contributed by atoms with Gasteiger partial charge in [0.2, 0.25) is 5.91 Å². The normalized spacial score (nSPS) is 29.1. The van der Waals surface area contributed by atoms with E-state index in [1.54, 1.807) is 6.92 Å². The minimum absolute atomic E-state index is 0.235. The number of hydrogen-bond donors (Lipinski definition) is 7. The van der Waals surface area contributed by atoms with E-state index in [-0.39, 0.29) is 25.4 Å². The van der Waals surface area contributed by atoms with Crippen LogP contribution in [0.3, 0.4) is 0 Å². The molecule has 2 fully saturated rings. The van der Waals surface area contributed by atoms with Gasteiger partial charge in [0.1, 0.15) is 40.4 Å². The van der Waals surface area contributed by atoms with Crippen molar-refractivity contribution in [1.29, 1.82) is 0 Å². The van der Waals surface area contributed by atoms with Gasteiger partial charge in [-0.3, -0.25) is 4.79 Å². The van der Waals surface area contributed by atoms with Crippen LogP contribution in [0.5, 0.6) is 0 Å². The Bertz CT molecular complexity index is 829. The third-order valence-electron chi connectivity index (χ3n) is 8.30. The molecule has 0 aliphatic carbocycles. The van der Waals surface area contributed by atoms with Crippen molar-refractivity contribution in [2.45, 2.75) is 139 Å². The second kappa shape index (κ2) is 18.7. The van der Waals surface area contributed by atoms with Crippen molar-refractivity contribution in [2.75, 3.05) is 24.7 Å². The molecule has 1 amide bonds. The first-order valence-electron chi connectivity index (χ1n) is 15.3. The fourth-order valence-electron chi connectivity index (χ4n) is 5.42. The largest absolute Gasteiger partial charge is 0.394 e. The van der Waals surface area contributed by atoms with E-state index in [0.717, 1.165) is 64.2 Å². The Kier molecular flexibility index (Phi) is 16.5. The van der Waals surface area contributed by atoms with E-state index in [9.17, 15) is 43.9 Å². The van der Waals surface area contributed by atoms with Crippen molar-refractivity contribution in [1.82, 2.24) is 5.32 Å². The van der Waals surface area contributed by atoms with Crippen molar-refractivity contribution in [3.8, 4) is 0 Å². The van der Waals surface area contributed by atoms with Crippen LogP contribution in [-0.2, 0) is 24.1 Å². The quantitative estimate of drug-likeness (QED) is 0.0980. The van der Waals surface area contributed by atoms with E-state index in [0.29, 0.717) is 23.8 Å². The molecule has 0 aromatic heterocycles. The maximum Gasteiger partial charge on any atom is 0.220 e. The van der Waals surface area contributed by atoms with E-state index in [1.807, 2.05) is 0 Å². The first kappa shape index (κ1) is 36.3. The van der Waals surface area contributed by atoms with Gasteiger partial charge in [0, 0.05) is 6.42 Å². The first-order valence-corrected chi connectivity index (χ1v) is 17.1. The summed E-state index contributed by atoms with van der Waals surface area (Å²) >= 11 is 0. The Hall–Kier alpha value is -0.900. The number of rotatable bonds is 19. The molecule has 2 aliphatic heterocycles. The SMILES string of the molecule is CC[C@@H](O)[C@@H](O)[C@H](COC1OC(CO)C(O)C(O)C1O)NC(=O)CCCCCCCCCCC1CCS(=O)(=O)CC1. The number of aliphatic hydroxyl groups is 6. The van der Waals surface area contributed by atoms with Crippen LogP contribution < -0.4 is 5.32 Å². The molecular weight excluding hydrogens is 558 g/mol. The summed E-state index contributed by atoms with van der Waals surface area (Å²) in [5, 5.41) is 62.7. The molecule has 0 aromatic rings. The van der Waals surface area contributed by atoms with Gasteiger partial charge in [-0.25, -0.2) is 8.42 Å². The van der Waals surface area contributed by atoms with E-state index >= 15 is 0 Å². The molecule has 12 nitrogen and oxygen atoms in total. The molecule has 2 saturated heterocycles. The predicted octanol–water partition coefficient (Wildman–Crippen LogP) is 0.145. The van der Waals surface area contributed by atoms with Crippen LogP contribution >= 0.6 is 0 Å². The minimum Gasteiger partial charge on any atom is -0.394 e. The van der Waals surface area contributed by atoms with Gasteiger partial charge >= 0.3 is 0 Å². The van der Waals surface area contributed by atoms with Crippen LogP contribution in [-0.4, -0.2) is 119 Å². The standard InChI is InChI=1S/C28H53NO11S/c1-2-21(31)24(33)20(18-39-28-27(36)26(35)25(34)22(17-30)40-28)29-23(32)12-10-8-6-4-3-5-7-9-11-19-13-15-41(37,38)16-14-19/h19-22,24-28,30-31,33-36H,2-18H2,1H3,(H,29,32)/t20-,21+,22?,24-,25?,26?,27?,28?/m0/s1. The van der Waals surface area contributed by atoms with Crippen LogP contribution in [0.15, 0.2) is 0 Å². The van der Waals surface area contributed by atoms with Crippen LogP contribution in [0.4, 0.5) is 0 Å². The van der Waals surface area contributed by atoms with Crippen molar-refractivity contribution < 1.29 is 53.3 Å². The van der Waals surface area contributed by atoms with E-state index in [2.05, 4.69) is 5.32 Å². The highest BCUT2D eigenvalue weighted by Crippen LogP contribution is 2.25. The van der Waals surface area contributed by atoms with Gasteiger partial charge in [-0.1, -0.05) is 58.3 Å². The summed E-state index contributed by atoms with van der Waals surface area (Å²) in [6.07, 6.45) is 1.62. The van der Waals surface area contributed by atoms with Crippen LogP contribution in [0.25, 0.3) is 0 Å². The molecule has 7 N–H and O–H groups in total. The molecule has 2 heterocycles. The number of ether oxygens (including phenoxy) is 2. The van der Waals surface area contributed by atoms with Crippen molar-refractivity contribution in [2.24, 2.45) is 5.92 Å². The van der Waals surface area contributed by atoms with Gasteiger partial charge in [0.25, 0.3) is 0 Å². The fraction of sp³-hybridized carbons (Fsp3) is 0.964. The molecule has 242 valence electrons. The Balaban J connectivity index is 1.63. The molecule has 2 aliphatic rings. The maximum atomic E-state index is 12.6. The molecule has 0 bridgehead atoms. The molecule has 2 rings (SSSR count). The molecule has 8 atom stereocenters. The van der Waals surface area contributed by atoms with Gasteiger partial charge in [0.05, 0.1) is 36.9 Å². The topological polar surface area (TPSA) is 203 Å². The third kappa shape index (κ3) is 12.7. The maximum absolute atomic E-state index is 12.6. The lowest BCUT2D eigenvalue weighted by atomic mass is 9.95. The number of hydrogen-bond acceptors (Lipinski definition) is 11. The van der Waals surface area contributed by atoms with Crippen molar-refractivity contribution >= 4 is 15.7 Å². The predicted molar refractivity (Wildman–Crippen MR) is 152 cm³/mol. The second-order valence-electron chi connectivity index (χ2n) is 11.6. The average molecular weight is 612 g/mol. The van der Waals surface area contributed by atoms with Crippen LogP contribution in [0.2, 0.25) is 0 Å². The number of unbranched alkanes of at least 4 members (excludes halogenated alkanes) is 7. The van der Waals surface area contributed by atoms with Gasteiger partial charge in [-0.15, -0.1) is 0 Å². The fourth-order valence-corrected chi connectivity index (χ4v) is 7.01. The second-order valence-corrected chi connectivity index (χ2v) is 13.9. The van der Waals surface area contributed by atoms with Gasteiger partial charge in [0.15, 0.2) is 6.29 Å². The summed E-state index contributed by atoms with van der Waals surface area (Å²) in [6, 6.07) is -1.01.